The topological polar surface area (TPSA) is 0 Å². The van der Waals surface area contributed by atoms with Crippen molar-refractivity contribution in [2.45, 2.75) is 0 Å². The molecule has 0 bridgehead atoms. The molecular weight excluding hydrogens is 328 g/mol. The van der Waals surface area contributed by atoms with Crippen molar-refractivity contribution in [2.24, 2.45) is 0 Å². The number of hydrogen-bond acceptors (Lipinski definition) is 0. The molecule has 0 nitrogen and oxygen atoms in total. The van der Waals surface area contributed by atoms with Gasteiger partial charge in [0.25, 0.3) is 0 Å². The normalized spacial score (nSPS) is 10.9. The van der Waals surface area contributed by atoms with Crippen molar-refractivity contribution < 1.29 is 0 Å². The SMILES string of the molecule is Brc1cccc(C=Cc2ccccc2)c1Br. The summed E-state index contributed by atoms with van der Waals surface area (Å²) in [4.78, 5) is 0. The van der Waals surface area contributed by atoms with Crippen LogP contribution in [0.4, 0.5) is 0 Å². The highest BCUT2D eigenvalue weighted by Gasteiger charge is 1.99. The van der Waals surface area contributed by atoms with Crippen molar-refractivity contribution in [3.63, 3.8) is 0 Å². The summed E-state index contributed by atoms with van der Waals surface area (Å²) in [7, 11) is 0. The molecule has 0 fully saturated rings. The van der Waals surface area contributed by atoms with Crippen LogP contribution in [0.25, 0.3) is 12.2 Å². The van der Waals surface area contributed by atoms with Gasteiger partial charge in [0, 0.05) is 8.95 Å². The smallest absolute Gasteiger partial charge is 0.0389 e. The van der Waals surface area contributed by atoms with Crippen LogP contribution in [0.2, 0.25) is 0 Å². The molecule has 2 aromatic rings. The second-order valence-corrected chi connectivity index (χ2v) is 5.03. The second kappa shape index (κ2) is 5.46. The van der Waals surface area contributed by atoms with E-state index in [0.717, 1.165) is 8.95 Å². The van der Waals surface area contributed by atoms with Crippen LogP contribution in [0.3, 0.4) is 0 Å². The highest BCUT2D eigenvalue weighted by atomic mass is 79.9. The van der Waals surface area contributed by atoms with Crippen LogP contribution in [0.1, 0.15) is 11.1 Å². The minimum absolute atomic E-state index is 1.07. The van der Waals surface area contributed by atoms with Crippen molar-refractivity contribution in [3.8, 4) is 0 Å². The third-order valence-corrected chi connectivity index (χ3v) is 4.31. The van der Waals surface area contributed by atoms with Crippen molar-refractivity contribution >= 4 is 44.0 Å². The van der Waals surface area contributed by atoms with Gasteiger partial charge in [0.1, 0.15) is 0 Å². The van der Waals surface area contributed by atoms with E-state index < -0.39 is 0 Å². The molecule has 0 N–H and O–H groups in total. The Bertz CT molecular complexity index is 501. The van der Waals surface area contributed by atoms with Crippen LogP contribution in [0.15, 0.2) is 57.5 Å². The van der Waals surface area contributed by atoms with Crippen LogP contribution >= 0.6 is 31.9 Å². The van der Waals surface area contributed by atoms with Crippen LogP contribution in [0, 0.1) is 0 Å². The largest absolute Gasteiger partial charge is 0.0622 e. The maximum atomic E-state index is 3.56. The van der Waals surface area contributed by atoms with Gasteiger partial charge >= 0.3 is 0 Å². The molecule has 80 valence electrons. The number of halogens is 2. The number of benzene rings is 2. The minimum Gasteiger partial charge on any atom is -0.0622 e. The lowest BCUT2D eigenvalue weighted by Gasteiger charge is -2.00. The van der Waals surface area contributed by atoms with E-state index >= 15 is 0 Å². The summed E-state index contributed by atoms with van der Waals surface area (Å²) in [5, 5.41) is 0. The third-order valence-electron chi connectivity index (χ3n) is 2.24. The van der Waals surface area contributed by atoms with E-state index in [1.54, 1.807) is 0 Å². The third kappa shape index (κ3) is 2.83. The molecule has 0 atom stereocenters. The van der Waals surface area contributed by atoms with E-state index in [2.05, 4.69) is 62.2 Å². The molecule has 0 radical (unpaired) electrons. The Morgan fingerprint density at radius 3 is 2.25 bits per heavy atom. The average Bonchev–Trinajstić information content (AvgIpc) is 2.32. The summed E-state index contributed by atoms with van der Waals surface area (Å²) in [6, 6.07) is 16.4. The van der Waals surface area contributed by atoms with E-state index in [-0.39, 0.29) is 0 Å². The molecule has 0 spiro atoms. The van der Waals surface area contributed by atoms with Gasteiger partial charge in [-0.15, -0.1) is 0 Å². The van der Waals surface area contributed by atoms with Gasteiger partial charge in [-0.05, 0) is 49.1 Å². The van der Waals surface area contributed by atoms with Gasteiger partial charge in [-0.3, -0.25) is 0 Å². The molecule has 0 aliphatic carbocycles. The summed E-state index contributed by atoms with van der Waals surface area (Å²) in [6.45, 7) is 0. The minimum atomic E-state index is 1.07. The number of hydrogen-bond donors (Lipinski definition) is 0. The Morgan fingerprint density at radius 2 is 1.50 bits per heavy atom. The molecular formula is C14H10Br2. The first-order valence-electron chi connectivity index (χ1n) is 4.94. The van der Waals surface area contributed by atoms with Gasteiger partial charge in [-0.25, -0.2) is 0 Å². The van der Waals surface area contributed by atoms with Crippen LogP contribution in [-0.4, -0.2) is 0 Å². The zero-order chi connectivity index (χ0) is 11.4. The molecule has 0 saturated heterocycles. The van der Waals surface area contributed by atoms with E-state index in [1.807, 2.05) is 30.3 Å². The van der Waals surface area contributed by atoms with Gasteiger partial charge in [-0.2, -0.15) is 0 Å². The van der Waals surface area contributed by atoms with Gasteiger partial charge in [0.05, 0.1) is 0 Å². The molecule has 0 aromatic heterocycles. The standard InChI is InChI=1S/C14H10Br2/c15-13-8-4-7-12(14(13)16)10-9-11-5-2-1-3-6-11/h1-10H. The highest BCUT2D eigenvalue weighted by molar-refractivity contribution is 9.13. The van der Waals surface area contributed by atoms with Crippen molar-refractivity contribution in [3.05, 3.63) is 68.6 Å². The Hall–Kier alpha value is -0.860. The summed E-state index contributed by atoms with van der Waals surface area (Å²) >= 11 is 7.05. The number of rotatable bonds is 2. The van der Waals surface area contributed by atoms with Gasteiger partial charge in [0.15, 0.2) is 0 Å². The molecule has 2 heteroatoms. The van der Waals surface area contributed by atoms with Crippen molar-refractivity contribution in [1.29, 1.82) is 0 Å². The molecule has 2 aromatic carbocycles. The summed E-state index contributed by atoms with van der Waals surface area (Å²) in [5.74, 6) is 0. The average molecular weight is 338 g/mol. The van der Waals surface area contributed by atoms with Crippen molar-refractivity contribution in [1.82, 2.24) is 0 Å². The molecule has 0 heterocycles. The Labute approximate surface area is 112 Å². The zero-order valence-corrected chi connectivity index (χ0v) is 11.7. The maximum Gasteiger partial charge on any atom is 0.0389 e. The van der Waals surface area contributed by atoms with Crippen molar-refractivity contribution in [2.75, 3.05) is 0 Å². The second-order valence-electron chi connectivity index (χ2n) is 3.39. The molecule has 2 rings (SSSR count). The molecule has 0 aliphatic rings. The Morgan fingerprint density at radius 1 is 0.750 bits per heavy atom. The lowest BCUT2D eigenvalue weighted by Crippen LogP contribution is -1.77. The lowest BCUT2D eigenvalue weighted by atomic mass is 10.1. The Kier molecular flexibility index (Phi) is 3.97. The summed E-state index contributed by atoms with van der Waals surface area (Å²) in [5.41, 5.74) is 2.37. The monoisotopic (exact) mass is 336 g/mol. The highest BCUT2D eigenvalue weighted by Crippen LogP contribution is 2.27. The summed E-state index contributed by atoms with van der Waals surface area (Å²) < 4.78 is 2.16. The molecule has 16 heavy (non-hydrogen) atoms. The fourth-order valence-corrected chi connectivity index (χ4v) is 2.18. The fraction of sp³-hybridized carbons (Fsp3) is 0. The summed E-state index contributed by atoms with van der Waals surface area (Å²) in [6.07, 6.45) is 4.21. The first kappa shape index (κ1) is 11.6. The van der Waals surface area contributed by atoms with E-state index in [1.165, 1.54) is 11.1 Å². The Balaban J connectivity index is 2.28. The van der Waals surface area contributed by atoms with Crippen LogP contribution in [-0.2, 0) is 0 Å². The predicted molar refractivity (Wildman–Crippen MR) is 77.2 cm³/mol. The molecule has 0 aliphatic heterocycles. The van der Waals surface area contributed by atoms with Crippen LogP contribution in [0.5, 0.6) is 0 Å². The lowest BCUT2D eigenvalue weighted by molar-refractivity contribution is 1.55. The quantitative estimate of drug-likeness (QED) is 0.645. The van der Waals surface area contributed by atoms with Gasteiger partial charge in [-0.1, -0.05) is 54.6 Å². The fourth-order valence-electron chi connectivity index (χ4n) is 1.40. The van der Waals surface area contributed by atoms with E-state index in [0.29, 0.717) is 0 Å². The zero-order valence-electron chi connectivity index (χ0n) is 8.53. The molecule has 0 amide bonds. The van der Waals surface area contributed by atoms with Gasteiger partial charge in [0.2, 0.25) is 0 Å². The maximum absolute atomic E-state index is 3.56. The first-order chi connectivity index (χ1) is 7.77. The molecule has 0 saturated carbocycles. The first-order valence-corrected chi connectivity index (χ1v) is 6.53. The molecule has 0 unspecified atom stereocenters. The van der Waals surface area contributed by atoms with E-state index in [4.69, 9.17) is 0 Å². The van der Waals surface area contributed by atoms with Crippen LogP contribution < -0.4 is 0 Å². The van der Waals surface area contributed by atoms with E-state index in [9.17, 15) is 0 Å². The van der Waals surface area contributed by atoms with Gasteiger partial charge < -0.3 is 0 Å². The predicted octanol–water partition coefficient (Wildman–Crippen LogP) is 5.38.